The minimum absolute atomic E-state index is 0.208. The minimum atomic E-state index is -0.999. The molecular formula is C19H24N6O3. The Kier molecular flexibility index (Phi) is 4.30. The lowest BCUT2D eigenvalue weighted by atomic mass is 9.90. The lowest BCUT2D eigenvalue weighted by molar-refractivity contribution is -0.0717. The summed E-state index contributed by atoms with van der Waals surface area (Å²) < 4.78 is 12.8. The van der Waals surface area contributed by atoms with Crippen molar-refractivity contribution < 1.29 is 14.6 Å². The molecule has 2 fully saturated rings. The number of aromatic nitrogens is 5. The van der Waals surface area contributed by atoms with Crippen LogP contribution in [0.15, 0.2) is 24.5 Å². The Balaban J connectivity index is 1.70. The molecule has 0 saturated carbocycles. The van der Waals surface area contributed by atoms with E-state index in [-0.39, 0.29) is 6.04 Å². The summed E-state index contributed by atoms with van der Waals surface area (Å²) in [7, 11) is 0. The highest BCUT2D eigenvalue weighted by atomic mass is 16.5. The largest absolute Gasteiger partial charge is 0.383 e. The first-order valence-electron chi connectivity index (χ1n) is 9.69. The monoisotopic (exact) mass is 384 g/mol. The van der Waals surface area contributed by atoms with Crippen LogP contribution in [-0.2, 0) is 15.1 Å². The van der Waals surface area contributed by atoms with Gasteiger partial charge in [-0.1, -0.05) is 0 Å². The van der Waals surface area contributed by atoms with E-state index in [1.165, 1.54) is 0 Å². The van der Waals surface area contributed by atoms with Crippen LogP contribution in [0.2, 0.25) is 0 Å². The van der Waals surface area contributed by atoms with E-state index < -0.39 is 5.60 Å². The molecule has 0 unspecified atom stereocenters. The summed E-state index contributed by atoms with van der Waals surface area (Å²) in [6, 6.07) is 4.08. The maximum atomic E-state index is 11.4. The number of nitrogens with zero attached hydrogens (tertiary/aromatic N) is 5. The van der Waals surface area contributed by atoms with Crippen molar-refractivity contribution >= 4 is 11.5 Å². The molecule has 148 valence electrons. The van der Waals surface area contributed by atoms with Gasteiger partial charge in [0.05, 0.1) is 42.4 Å². The van der Waals surface area contributed by atoms with Gasteiger partial charge in [-0.25, -0.2) is 9.50 Å². The fraction of sp³-hybridized carbons (Fsp3) is 0.526. The second kappa shape index (κ2) is 6.84. The Labute approximate surface area is 162 Å². The van der Waals surface area contributed by atoms with Gasteiger partial charge in [-0.3, -0.25) is 5.10 Å². The van der Waals surface area contributed by atoms with Gasteiger partial charge in [0.2, 0.25) is 0 Å². The van der Waals surface area contributed by atoms with Crippen LogP contribution < -0.4 is 4.90 Å². The fourth-order valence-electron chi connectivity index (χ4n) is 4.06. The molecule has 9 nitrogen and oxygen atoms in total. The predicted molar refractivity (Wildman–Crippen MR) is 102 cm³/mol. The van der Waals surface area contributed by atoms with Crippen molar-refractivity contribution in [2.24, 2.45) is 0 Å². The summed E-state index contributed by atoms with van der Waals surface area (Å²) in [6.07, 6.45) is 4.54. The van der Waals surface area contributed by atoms with Gasteiger partial charge >= 0.3 is 0 Å². The summed E-state index contributed by atoms with van der Waals surface area (Å²) >= 11 is 0. The Morgan fingerprint density at radius 3 is 2.86 bits per heavy atom. The number of rotatable bonds is 3. The summed E-state index contributed by atoms with van der Waals surface area (Å²) in [5, 5.41) is 23.0. The highest BCUT2D eigenvalue weighted by Gasteiger charge is 2.36. The smallest absolute Gasteiger partial charge is 0.167 e. The number of ether oxygens (including phenoxy) is 2. The molecular weight excluding hydrogens is 360 g/mol. The summed E-state index contributed by atoms with van der Waals surface area (Å²) in [5.41, 5.74) is 2.16. The Morgan fingerprint density at radius 1 is 1.25 bits per heavy atom. The predicted octanol–water partition coefficient (Wildman–Crippen LogP) is 1.34. The van der Waals surface area contributed by atoms with Gasteiger partial charge in [-0.15, -0.1) is 0 Å². The first kappa shape index (κ1) is 17.6. The van der Waals surface area contributed by atoms with Gasteiger partial charge in [0.25, 0.3) is 0 Å². The molecule has 3 aromatic rings. The number of fused-ring (bicyclic) bond motifs is 1. The Morgan fingerprint density at radius 2 is 2.11 bits per heavy atom. The van der Waals surface area contributed by atoms with Crippen LogP contribution in [0.5, 0.6) is 0 Å². The second-order valence-electron chi connectivity index (χ2n) is 7.52. The van der Waals surface area contributed by atoms with Crippen LogP contribution in [-0.4, -0.2) is 68.9 Å². The zero-order valence-electron chi connectivity index (χ0n) is 15.8. The highest BCUT2D eigenvalue weighted by molar-refractivity contribution is 5.75. The highest BCUT2D eigenvalue weighted by Crippen LogP contribution is 2.36. The summed E-state index contributed by atoms with van der Waals surface area (Å²) in [5.74, 6) is 0.833. The Bertz CT molecular complexity index is 964. The molecule has 0 bridgehead atoms. The number of hydrogen-bond acceptors (Lipinski definition) is 7. The summed E-state index contributed by atoms with van der Waals surface area (Å²) in [6.45, 7) is 5.26. The van der Waals surface area contributed by atoms with Crippen molar-refractivity contribution in [3.05, 3.63) is 30.2 Å². The van der Waals surface area contributed by atoms with E-state index in [1.807, 2.05) is 12.1 Å². The molecule has 0 spiro atoms. The SMILES string of the molecule is C[C@@H]1COCCN1c1cc(C2(O)CCOCC2)n2ncc(-c3ccn[nH]3)c2n1. The number of aliphatic hydroxyl groups is 1. The third-order valence-corrected chi connectivity index (χ3v) is 5.71. The van der Waals surface area contributed by atoms with Gasteiger partial charge in [0.15, 0.2) is 5.65 Å². The van der Waals surface area contributed by atoms with Crippen molar-refractivity contribution in [1.82, 2.24) is 24.8 Å². The van der Waals surface area contributed by atoms with E-state index in [2.05, 4.69) is 27.1 Å². The fourth-order valence-corrected chi connectivity index (χ4v) is 4.06. The van der Waals surface area contributed by atoms with Gasteiger partial charge in [-0.05, 0) is 13.0 Å². The van der Waals surface area contributed by atoms with E-state index in [0.717, 1.165) is 29.3 Å². The number of morpholine rings is 1. The standard InChI is InChI=1S/C19H24N6O3/c1-13-12-28-9-6-24(13)17-10-16(19(26)3-7-27-8-4-19)25-18(22-17)14(11-21-25)15-2-5-20-23-15/h2,5,10-11,13,26H,3-4,6-9,12H2,1H3,(H,20,23)/t13-/m1/s1. The molecule has 0 radical (unpaired) electrons. The van der Waals surface area contributed by atoms with E-state index >= 15 is 0 Å². The minimum Gasteiger partial charge on any atom is -0.383 e. The number of nitrogens with one attached hydrogen (secondary N) is 1. The lowest BCUT2D eigenvalue weighted by Crippen LogP contribution is -2.44. The molecule has 2 N–H and O–H groups in total. The number of aromatic amines is 1. The van der Waals surface area contributed by atoms with Crippen LogP contribution in [0.4, 0.5) is 5.82 Å². The van der Waals surface area contributed by atoms with E-state index in [1.54, 1.807) is 16.9 Å². The molecule has 9 heteroatoms. The van der Waals surface area contributed by atoms with Crippen LogP contribution in [0.25, 0.3) is 16.9 Å². The first-order chi connectivity index (χ1) is 13.7. The zero-order valence-corrected chi connectivity index (χ0v) is 15.8. The lowest BCUT2D eigenvalue weighted by Gasteiger charge is -2.36. The topological polar surface area (TPSA) is 101 Å². The average molecular weight is 384 g/mol. The Hall–Kier alpha value is -2.49. The third kappa shape index (κ3) is 2.86. The first-order valence-corrected chi connectivity index (χ1v) is 9.69. The summed E-state index contributed by atoms with van der Waals surface area (Å²) in [4.78, 5) is 7.17. The maximum absolute atomic E-state index is 11.4. The van der Waals surface area contributed by atoms with Crippen molar-refractivity contribution in [2.45, 2.75) is 31.4 Å². The van der Waals surface area contributed by atoms with E-state index in [0.29, 0.717) is 44.9 Å². The third-order valence-electron chi connectivity index (χ3n) is 5.71. The maximum Gasteiger partial charge on any atom is 0.167 e. The number of H-pyrrole nitrogens is 1. The molecule has 5 rings (SSSR count). The van der Waals surface area contributed by atoms with Crippen molar-refractivity contribution in [3.63, 3.8) is 0 Å². The number of anilines is 1. The molecule has 0 aliphatic carbocycles. The van der Waals surface area contributed by atoms with Gasteiger partial charge in [0.1, 0.15) is 11.4 Å². The second-order valence-corrected chi connectivity index (χ2v) is 7.52. The number of hydrogen-bond donors (Lipinski definition) is 2. The van der Waals surface area contributed by atoms with Crippen molar-refractivity contribution in [3.8, 4) is 11.3 Å². The molecule has 3 aromatic heterocycles. The van der Waals surface area contributed by atoms with Crippen molar-refractivity contribution in [1.29, 1.82) is 0 Å². The zero-order chi connectivity index (χ0) is 19.1. The molecule has 28 heavy (non-hydrogen) atoms. The van der Waals surface area contributed by atoms with Crippen molar-refractivity contribution in [2.75, 3.05) is 37.9 Å². The van der Waals surface area contributed by atoms with Crippen LogP contribution in [0.1, 0.15) is 25.5 Å². The molecule has 0 aromatic carbocycles. The molecule has 1 atom stereocenters. The average Bonchev–Trinajstić information content (AvgIpc) is 3.37. The van der Waals surface area contributed by atoms with Gasteiger partial charge in [-0.2, -0.15) is 10.2 Å². The van der Waals surface area contributed by atoms with Crippen LogP contribution in [0, 0.1) is 0 Å². The van der Waals surface area contributed by atoms with Crippen LogP contribution in [0.3, 0.4) is 0 Å². The molecule has 5 heterocycles. The molecule has 2 saturated heterocycles. The molecule has 2 aliphatic rings. The van der Waals surface area contributed by atoms with Gasteiger partial charge in [0, 0.05) is 44.9 Å². The molecule has 2 aliphatic heterocycles. The van der Waals surface area contributed by atoms with Gasteiger partial charge < -0.3 is 19.5 Å². The quantitative estimate of drug-likeness (QED) is 0.703. The molecule has 0 amide bonds. The van der Waals surface area contributed by atoms with E-state index in [4.69, 9.17) is 14.5 Å². The van der Waals surface area contributed by atoms with Crippen LogP contribution >= 0.6 is 0 Å². The van der Waals surface area contributed by atoms with E-state index in [9.17, 15) is 5.11 Å². The normalized spacial score (nSPS) is 22.6.